The maximum Gasteiger partial charge on any atom is 0.325 e. The predicted molar refractivity (Wildman–Crippen MR) is 118 cm³/mol. The SMILES string of the molecule is C/C(C(=O)NCC(=O)OC(C)(C)C)=C(/O)C1=C(N(C=O)Cc2ccc(Br)cc2)COC1. The summed E-state index contributed by atoms with van der Waals surface area (Å²) in [6.07, 6.45) is 0.664. The Labute approximate surface area is 190 Å². The molecule has 1 heterocycles. The smallest absolute Gasteiger partial charge is 0.325 e. The molecule has 1 aromatic rings. The molecule has 8 nitrogen and oxygen atoms in total. The highest BCUT2D eigenvalue weighted by Gasteiger charge is 2.26. The topological polar surface area (TPSA) is 105 Å². The van der Waals surface area contributed by atoms with Gasteiger partial charge >= 0.3 is 5.97 Å². The van der Waals surface area contributed by atoms with Crippen LogP contribution in [0, 0.1) is 0 Å². The maximum absolute atomic E-state index is 12.4. The molecule has 31 heavy (non-hydrogen) atoms. The molecule has 0 bridgehead atoms. The average molecular weight is 495 g/mol. The Morgan fingerprint density at radius 1 is 1.26 bits per heavy atom. The van der Waals surface area contributed by atoms with Gasteiger partial charge in [-0.25, -0.2) is 0 Å². The number of hydrogen-bond donors (Lipinski definition) is 2. The Bertz CT molecular complexity index is 900. The number of hydrogen-bond acceptors (Lipinski definition) is 6. The summed E-state index contributed by atoms with van der Waals surface area (Å²) in [5, 5.41) is 13.1. The van der Waals surface area contributed by atoms with E-state index in [1.165, 1.54) is 11.8 Å². The number of nitrogens with one attached hydrogen (secondary N) is 1. The lowest BCUT2D eigenvalue weighted by molar-refractivity contribution is -0.154. The van der Waals surface area contributed by atoms with Gasteiger partial charge in [0.15, 0.2) is 0 Å². The number of esters is 1. The van der Waals surface area contributed by atoms with Gasteiger partial charge in [0.05, 0.1) is 31.0 Å². The first-order valence-electron chi connectivity index (χ1n) is 9.68. The molecule has 0 spiro atoms. The lowest BCUT2D eigenvalue weighted by Crippen LogP contribution is -2.35. The van der Waals surface area contributed by atoms with Gasteiger partial charge in [0, 0.05) is 10.0 Å². The molecule has 0 unspecified atom stereocenters. The van der Waals surface area contributed by atoms with Crippen LogP contribution in [0.25, 0.3) is 0 Å². The number of rotatable bonds is 8. The highest BCUT2D eigenvalue weighted by Crippen LogP contribution is 2.26. The zero-order chi connectivity index (χ0) is 23.2. The summed E-state index contributed by atoms with van der Waals surface area (Å²) in [5.41, 5.74) is 1.08. The zero-order valence-electron chi connectivity index (χ0n) is 18.0. The number of carbonyl (C=O) groups excluding carboxylic acids is 3. The van der Waals surface area contributed by atoms with Gasteiger partial charge in [-0.3, -0.25) is 14.4 Å². The minimum atomic E-state index is -0.664. The highest BCUT2D eigenvalue weighted by atomic mass is 79.9. The van der Waals surface area contributed by atoms with E-state index >= 15 is 0 Å². The van der Waals surface area contributed by atoms with Crippen molar-refractivity contribution in [3.8, 4) is 0 Å². The molecule has 1 aliphatic rings. The van der Waals surface area contributed by atoms with Crippen LogP contribution >= 0.6 is 15.9 Å². The standard InChI is InChI=1S/C22H27BrN2O6/c1-14(21(29)24-9-19(27)31-22(2,3)4)20(28)17-11-30-12-18(17)25(13-26)10-15-5-7-16(23)8-6-15/h5-8,13,28H,9-12H2,1-4H3,(H,24,29)/b20-14-. The molecule has 0 fully saturated rings. The molecule has 2 amide bonds. The van der Waals surface area contributed by atoms with E-state index in [9.17, 15) is 19.5 Å². The minimum absolute atomic E-state index is 0.0102. The van der Waals surface area contributed by atoms with E-state index in [0.29, 0.717) is 17.7 Å². The van der Waals surface area contributed by atoms with Crippen molar-refractivity contribution in [3.05, 3.63) is 56.9 Å². The van der Waals surface area contributed by atoms with Crippen LogP contribution in [0.3, 0.4) is 0 Å². The third kappa shape index (κ3) is 7.22. The van der Waals surface area contributed by atoms with Crippen molar-refractivity contribution in [2.24, 2.45) is 0 Å². The van der Waals surface area contributed by atoms with Crippen molar-refractivity contribution < 1.29 is 29.0 Å². The fraction of sp³-hybridized carbons (Fsp3) is 0.409. The molecular weight excluding hydrogens is 468 g/mol. The van der Waals surface area contributed by atoms with Gasteiger partial charge in [0.25, 0.3) is 5.91 Å². The number of carbonyl (C=O) groups is 3. The molecule has 1 aromatic carbocycles. The summed E-state index contributed by atoms with van der Waals surface area (Å²) in [4.78, 5) is 37.3. The van der Waals surface area contributed by atoms with Crippen LogP contribution in [0.1, 0.15) is 33.3 Å². The lowest BCUT2D eigenvalue weighted by atomic mass is 10.1. The fourth-order valence-electron chi connectivity index (χ4n) is 2.86. The van der Waals surface area contributed by atoms with Gasteiger partial charge in [-0.2, -0.15) is 0 Å². The molecule has 2 N–H and O–H groups in total. The van der Waals surface area contributed by atoms with Crippen LogP contribution in [0.15, 0.2) is 51.3 Å². The van der Waals surface area contributed by atoms with E-state index in [0.717, 1.165) is 10.0 Å². The van der Waals surface area contributed by atoms with Gasteiger partial charge in [-0.1, -0.05) is 28.1 Å². The number of aliphatic hydroxyl groups is 1. The molecule has 0 aromatic heterocycles. The number of benzene rings is 1. The van der Waals surface area contributed by atoms with Gasteiger partial charge in [0.1, 0.15) is 17.9 Å². The van der Waals surface area contributed by atoms with Crippen LogP contribution in [0.4, 0.5) is 0 Å². The number of nitrogens with zero attached hydrogens (tertiary/aromatic N) is 1. The van der Waals surface area contributed by atoms with E-state index in [2.05, 4.69) is 21.2 Å². The maximum atomic E-state index is 12.4. The van der Waals surface area contributed by atoms with Crippen LogP contribution in [0.2, 0.25) is 0 Å². The van der Waals surface area contributed by atoms with E-state index in [-0.39, 0.29) is 37.6 Å². The molecule has 168 valence electrons. The first-order valence-corrected chi connectivity index (χ1v) is 10.5. The number of halogens is 1. The zero-order valence-corrected chi connectivity index (χ0v) is 19.6. The second kappa shape index (κ2) is 10.6. The van der Waals surface area contributed by atoms with E-state index in [4.69, 9.17) is 9.47 Å². The first-order chi connectivity index (χ1) is 14.5. The highest BCUT2D eigenvalue weighted by molar-refractivity contribution is 9.10. The van der Waals surface area contributed by atoms with Crippen molar-refractivity contribution in [2.75, 3.05) is 19.8 Å². The number of ether oxygens (including phenoxy) is 2. The Kier molecular flexibility index (Phi) is 8.41. The molecular formula is C22H27BrN2O6. The monoisotopic (exact) mass is 494 g/mol. The third-order valence-electron chi connectivity index (χ3n) is 4.37. The quantitative estimate of drug-likeness (QED) is 0.249. The van der Waals surface area contributed by atoms with Gasteiger partial charge < -0.3 is 24.8 Å². The minimum Gasteiger partial charge on any atom is -0.507 e. The Balaban J connectivity index is 2.16. The summed E-state index contributed by atoms with van der Waals surface area (Å²) in [5.74, 6) is -1.48. The lowest BCUT2D eigenvalue weighted by Gasteiger charge is -2.20. The van der Waals surface area contributed by atoms with Gasteiger partial charge in [0.2, 0.25) is 6.41 Å². The van der Waals surface area contributed by atoms with Crippen molar-refractivity contribution in [1.82, 2.24) is 10.2 Å². The Hall–Kier alpha value is -2.65. The van der Waals surface area contributed by atoms with E-state index in [1.54, 1.807) is 20.8 Å². The summed E-state index contributed by atoms with van der Waals surface area (Å²) in [6.45, 7) is 6.76. The summed E-state index contributed by atoms with van der Waals surface area (Å²) >= 11 is 3.37. The average Bonchev–Trinajstić information content (AvgIpc) is 3.18. The van der Waals surface area contributed by atoms with Crippen molar-refractivity contribution in [3.63, 3.8) is 0 Å². The number of aliphatic hydroxyl groups excluding tert-OH is 1. The van der Waals surface area contributed by atoms with Crippen LogP contribution in [-0.2, 0) is 30.4 Å². The van der Waals surface area contributed by atoms with Crippen LogP contribution in [0.5, 0.6) is 0 Å². The molecule has 0 radical (unpaired) electrons. The first kappa shape index (κ1) is 24.6. The molecule has 0 saturated carbocycles. The van der Waals surface area contributed by atoms with Crippen molar-refractivity contribution in [1.29, 1.82) is 0 Å². The van der Waals surface area contributed by atoms with Crippen LogP contribution in [-0.4, -0.2) is 53.7 Å². The molecule has 9 heteroatoms. The Morgan fingerprint density at radius 3 is 2.48 bits per heavy atom. The van der Waals surface area contributed by atoms with Crippen molar-refractivity contribution >= 4 is 34.2 Å². The van der Waals surface area contributed by atoms with Crippen molar-refractivity contribution in [2.45, 2.75) is 39.8 Å². The fourth-order valence-corrected chi connectivity index (χ4v) is 3.13. The second-order valence-corrected chi connectivity index (χ2v) is 8.94. The van der Waals surface area contributed by atoms with E-state index < -0.39 is 17.5 Å². The third-order valence-corrected chi connectivity index (χ3v) is 4.90. The van der Waals surface area contributed by atoms with E-state index in [1.807, 2.05) is 24.3 Å². The molecule has 2 rings (SSSR count). The van der Waals surface area contributed by atoms with Gasteiger partial charge in [-0.15, -0.1) is 0 Å². The summed E-state index contributed by atoms with van der Waals surface area (Å²) in [6, 6.07) is 7.49. The molecule has 0 saturated heterocycles. The Morgan fingerprint density at radius 2 is 1.90 bits per heavy atom. The largest absolute Gasteiger partial charge is 0.507 e. The molecule has 0 aliphatic carbocycles. The normalized spacial score (nSPS) is 14.7. The summed E-state index contributed by atoms with van der Waals surface area (Å²) in [7, 11) is 0. The predicted octanol–water partition coefficient (Wildman–Crippen LogP) is 2.98. The summed E-state index contributed by atoms with van der Waals surface area (Å²) < 4.78 is 11.5. The van der Waals surface area contributed by atoms with Crippen LogP contribution < -0.4 is 5.32 Å². The van der Waals surface area contributed by atoms with Gasteiger partial charge in [-0.05, 0) is 45.4 Å². The molecule has 0 atom stereocenters. The second-order valence-electron chi connectivity index (χ2n) is 8.02. The number of amides is 2. The molecule has 1 aliphatic heterocycles.